The van der Waals surface area contributed by atoms with Crippen LogP contribution in [0.5, 0.6) is 11.5 Å². The van der Waals surface area contributed by atoms with Crippen LogP contribution in [0.3, 0.4) is 0 Å². The van der Waals surface area contributed by atoms with Gasteiger partial charge in [0.2, 0.25) is 5.78 Å². The van der Waals surface area contributed by atoms with Gasteiger partial charge >= 0.3 is 0 Å². The van der Waals surface area contributed by atoms with Gasteiger partial charge in [-0.3, -0.25) is 4.79 Å². The molecule has 31 heavy (non-hydrogen) atoms. The van der Waals surface area contributed by atoms with E-state index in [0.29, 0.717) is 17.1 Å². The standard InChI is InChI=1S/C26H23N2O3/c1-30-25-13-12-22(16-26(25)31-2)24(29)17-28-15-14-23(27-18-28)21-10-8-20(9-11-21)19-6-4-3-5-7-19/h3-16,18H,17H2,1-2H3/q+1. The van der Waals surface area contributed by atoms with Gasteiger partial charge in [0, 0.05) is 17.2 Å². The van der Waals surface area contributed by atoms with Gasteiger partial charge in [-0.25, -0.2) is 4.57 Å². The number of nitrogens with zero attached hydrogens (tertiary/aromatic N) is 2. The van der Waals surface area contributed by atoms with E-state index in [1.54, 1.807) is 43.3 Å². The minimum absolute atomic E-state index is 0.0345. The summed E-state index contributed by atoms with van der Waals surface area (Å²) >= 11 is 0. The number of ketones is 1. The van der Waals surface area contributed by atoms with Crippen LogP contribution in [0, 0.1) is 0 Å². The second kappa shape index (κ2) is 9.22. The SMILES string of the molecule is COc1ccc(C(=O)C[n+]2ccc(-c3ccc(-c4ccccc4)cc3)nc2)cc1OC. The molecule has 5 heteroatoms. The van der Waals surface area contributed by atoms with Crippen LogP contribution in [0.15, 0.2) is 91.4 Å². The smallest absolute Gasteiger partial charge is 0.287 e. The highest BCUT2D eigenvalue weighted by molar-refractivity contribution is 5.95. The maximum Gasteiger partial charge on any atom is 0.287 e. The van der Waals surface area contributed by atoms with E-state index in [9.17, 15) is 4.79 Å². The summed E-state index contributed by atoms with van der Waals surface area (Å²) in [5.41, 5.74) is 4.79. The largest absolute Gasteiger partial charge is 0.493 e. The van der Waals surface area contributed by atoms with Crippen molar-refractivity contribution >= 4 is 5.78 Å². The number of benzene rings is 3. The number of hydrogen-bond donors (Lipinski definition) is 0. The molecule has 5 nitrogen and oxygen atoms in total. The van der Waals surface area contributed by atoms with Gasteiger partial charge in [0.1, 0.15) is 0 Å². The van der Waals surface area contributed by atoms with Crippen LogP contribution in [0.25, 0.3) is 22.4 Å². The number of ether oxygens (including phenoxy) is 2. The number of rotatable bonds is 7. The summed E-state index contributed by atoms with van der Waals surface area (Å²) in [7, 11) is 3.12. The lowest BCUT2D eigenvalue weighted by Crippen LogP contribution is -2.37. The summed E-state index contributed by atoms with van der Waals surface area (Å²) in [6.45, 7) is 0.190. The Kier molecular flexibility index (Phi) is 6.03. The molecule has 0 unspecified atom stereocenters. The molecule has 0 aliphatic rings. The summed E-state index contributed by atoms with van der Waals surface area (Å²) in [4.78, 5) is 17.2. The van der Waals surface area contributed by atoms with E-state index < -0.39 is 0 Å². The third-order valence-electron chi connectivity index (χ3n) is 5.09. The van der Waals surface area contributed by atoms with Crippen molar-refractivity contribution in [3.63, 3.8) is 0 Å². The summed E-state index contributed by atoms with van der Waals surface area (Å²) in [5.74, 6) is 1.09. The van der Waals surface area contributed by atoms with Gasteiger partial charge in [0.05, 0.1) is 20.4 Å². The normalized spacial score (nSPS) is 10.5. The van der Waals surface area contributed by atoms with Crippen molar-refractivity contribution in [2.24, 2.45) is 0 Å². The van der Waals surface area contributed by atoms with Gasteiger partial charge < -0.3 is 9.47 Å². The molecule has 0 atom stereocenters. The highest BCUT2D eigenvalue weighted by atomic mass is 16.5. The molecule has 0 spiro atoms. The fourth-order valence-corrected chi connectivity index (χ4v) is 3.38. The van der Waals surface area contributed by atoms with Gasteiger partial charge in [0.25, 0.3) is 6.33 Å². The van der Waals surface area contributed by atoms with Crippen molar-refractivity contribution in [3.8, 4) is 33.9 Å². The van der Waals surface area contributed by atoms with Crippen molar-refractivity contribution in [3.05, 3.63) is 97.0 Å². The van der Waals surface area contributed by atoms with Crippen LogP contribution in [0.4, 0.5) is 0 Å². The fourth-order valence-electron chi connectivity index (χ4n) is 3.38. The molecule has 4 aromatic rings. The van der Waals surface area contributed by atoms with Gasteiger partial charge in [-0.2, -0.15) is 0 Å². The van der Waals surface area contributed by atoms with Crippen molar-refractivity contribution < 1.29 is 18.8 Å². The number of aromatic nitrogens is 2. The minimum Gasteiger partial charge on any atom is -0.493 e. The highest BCUT2D eigenvalue weighted by Gasteiger charge is 2.14. The zero-order chi connectivity index (χ0) is 21.6. The molecule has 0 saturated heterocycles. The Morgan fingerprint density at radius 1 is 0.806 bits per heavy atom. The predicted octanol–water partition coefficient (Wildman–Crippen LogP) is 4.60. The number of hydrogen-bond acceptors (Lipinski definition) is 4. The average Bonchev–Trinajstić information content (AvgIpc) is 2.84. The molecule has 0 N–H and O–H groups in total. The van der Waals surface area contributed by atoms with Crippen molar-refractivity contribution in [1.82, 2.24) is 4.98 Å². The Balaban J connectivity index is 1.46. The maximum atomic E-state index is 12.7. The minimum atomic E-state index is -0.0345. The molecule has 3 aromatic carbocycles. The third kappa shape index (κ3) is 4.61. The first kappa shape index (κ1) is 20.3. The first-order valence-corrected chi connectivity index (χ1v) is 9.94. The summed E-state index contributed by atoms with van der Waals surface area (Å²) in [6.07, 6.45) is 3.55. The van der Waals surface area contributed by atoms with E-state index in [1.807, 2.05) is 30.5 Å². The van der Waals surface area contributed by atoms with E-state index in [0.717, 1.165) is 16.8 Å². The molecule has 4 rings (SSSR count). The Labute approximate surface area is 181 Å². The summed E-state index contributed by atoms with van der Waals surface area (Å²) in [5, 5.41) is 0. The Morgan fingerprint density at radius 2 is 1.48 bits per heavy atom. The molecular formula is C26H23N2O3+. The van der Waals surface area contributed by atoms with Crippen LogP contribution >= 0.6 is 0 Å². The third-order valence-corrected chi connectivity index (χ3v) is 5.09. The molecule has 0 radical (unpaired) electrons. The van der Waals surface area contributed by atoms with Gasteiger partial charge in [-0.15, -0.1) is 0 Å². The fraction of sp³-hybridized carbons (Fsp3) is 0.115. The zero-order valence-electron chi connectivity index (χ0n) is 17.5. The Morgan fingerprint density at radius 3 is 2.13 bits per heavy atom. The monoisotopic (exact) mass is 411 g/mol. The van der Waals surface area contributed by atoms with E-state index >= 15 is 0 Å². The number of Topliss-reactive ketones (excluding diaryl/α,β-unsaturated/α-hetero) is 1. The van der Waals surface area contributed by atoms with Crippen molar-refractivity contribution in [2.75, 3.05) is 14.2 Å². The zero-order valence-corrected chi connectivity index (χ0v) is 17.5. The van der Waals surface area contributed by atoms with E-state index in [2.05, 4.69) is 41.4 Å². The van der Waals surface area contributed by atoms with Crippen LogP contribution in [-0.2, 0) is 6.54 Å². The molecule has 0 aliphatic heterocycles. The molecule has 0 saturated carbocycles. The highest BCUT2D eigenvalue weighted by Crippen LogP contribution is 2.27. The van der Waals surface area contributed by atoms with E-state index in [-0.39, 0.29) is 12.3 Å². The second-order valence-corrected chi connectivity index (χ2v) is 7.05. The predicted molar refractivity (Wildman–Crippen MR) is 119 cm³/mol. The molecule has 0 aliphatic carbocycles. The first-order valence-electron chi connectivity index (χ1n) is 9.94. The maximum absolute atomic E-state index is 12.7. The van der Waals surface area contributed by atoms with Crippen LogP contribution in [0.1, 0.15) is 10.4 Å². The summed E-state index contributed by atoms with van der Waals surface area (Å²) < 4.78 is 12.3. The molecule has 0 amide bonds. The number of carbonyl (C=O) groups is 1. The molecular weight excluding hydrogens is 388 g/mol. The van der Waals surface area contributed by atoms with Crippen LogP contribution < -0.4 is 14.0 Å². The lowest BCUT2D eigenvalue weighted by Gasteiger charge is -2.08. The number of carbonyl (C=O) groups excluding carboxylic acids is 1. The lowest BCUT2D eigenvalue weighted by atomic mass is 10.0. The van der Waals surface area contributed by atoms with Crippen molar-refractivity contribution in [1.29, 1.82) is 0 Å². The first-order chi connectivity index (χ1) is 15.2. The molecule has 0 bridgehead atoms. The Bertz CT molecular complexity index is 1170. The van der Waals surface area contributed by atoms with E-state index in [4.69, 9.17) is 9.47 Å². The van der Waals surface area contributed by atoms with Gasteiger partial charge in [0.15, 0.2) is 23.7 Å². The average molecular weight is 411 g/mol. The molecule has 0 fully saturated rings. The second-order valence-electron chi connectivity index (χ2n) is 7.05. The summed E-state index contributed by atoms with van der Waals surface area (Å²) in [6, 6.07) is 25.6. The van der Waals surface area contributed by atoms with Crippen molar-refractivity contribution in [2.45, 2.75) is 6.54 Å². The van der Waals surface area contributed by atoms with Gasteiger partial charge in [-0.1, -0.05) is 42.5 Å². The van der Waals surface area contributed by atoms with Gasteiger partial charge in [-0.05, 0) is 46.4 Å². The lowest BCUT2D eigenvalue weighted by molar-refractivity contribution is -0.686. The topological polar surface area (TPSA) is 52.3 Å². The number of methoxy groups -OCH3 is 2. The van der Waals surface area contributed by atoms with E-state index in [1.165, 1.54) is 5.56 Å². The van der Waals surface area contributed by atoms with Crippen LogP contribution in [-0.4, -0.2) is 25.0 Å². The molecule has 1 aromatic heterocycles. The quantitative estimate of drug-likeness (QED) is 0.329. The molecule has 154 valence electrons. The molecule has 1 heterocycles. The Hall–Kier alpha value is -3.99. The van der Waals surface area contributed by atoms with Crippen LogP contribution in [0.2, 0.25) is 0 Å².